The highest BCUT2D eigenvalue weighted by Crippen LogP contribution is 2.43. The van der Waals surface area contributed by atoms with Gasteiger partial charge in [0.15, 0.2) is 0 Å². The zero-order valence-electron chi connectivity index (χ0n) is 10.5. The molecule has 1 nitrogen and oxygen atoms in total. The normalized spacial score (nSPS) is 16.5. The van der Waals surface area contributed by atoms with E-state index < -0.39 is 0 Å². The van der Waals surface area contributed by atoms with Crippen molar-refractivity contribution in [2.45, 2.75) is 38.4 Å². The van der Waals surface area contributed by atoms with Gasteiger partial charge in [0, 0.05) is 21.8 Å². The first-order valence-corrected chi connectivity index (χ1v) is 7.25. The minimum absolute atomic E-state index is 0.280. The number of fused-ring (bicyclic) bond motifs is 1. The molecule has 0 saturated heterocycles. The Bertz CT molecular complexity index is 423. The predicted molar refractivity (Wildman–Crippen MR) is 76.4 cm³/mol. The van der Waals surface area contributed by atoms with Crippen LogP contribution in [0.3, 0.4) is 0 Å². The summed E-state index contributed by atoms with van der Waals surface area (Å²) in [5.74, 6) is 1.04. The Kier molecular flexibility index (Phi) is 3.74. The summed E-state index contributed by atoms with van der Waals surface area (Å²) < 4.78 is 5.73. The van der Waals surface area contributed by atoms with Gasteiger partial charge in [-0.3, -0.25) is 0 Å². The van der Waals surface area contributed by atoms with Crippen LogP contribution in [-0.2, 0) is 6.42 Å². The molecule has 0 radical (unpaired) electrons. The summed E-state index contributed by atoms with van der Waals surface area (Å²) in [6, 6.07) is 4.04. The first-order valence-electron chi connectivity index (χ1n) is 5.96. The molecule has 1 aromatic rings. The fraction of sp³-hybridized carbons (Fsp3) is 0.571. The van der Waals surface area contributed by atoms with Crippen molar-refractivity contribution in [3.8, 4) is 5.75 Å². The van der Waals surface area contributed by atoms with Crippen LogP contribution in [0.5, 0.6) is 5.75 Å². The van der Waals surface area contributed by atoms with Gasteiger partial charge in [0.1, 0.15) is 5.75 Å². The number of halogens is 2. The maximum absolute atomic E-state index is 6.17. The third-order valence-electron chi connectivity index (χ3n) is 2.91. The summed E-state index contributed by atoms with van der Waals surface area (Å²) in [6.07, 6.45) is 2.03. The molecule has 17 heavy (non-hydrogen) atoms. The smallest absolute Gasteiger partial charge is 0.127 e. The zero-order chi connectivity index (χ0) is 12.6. The lowest BCUT2D eigenvalue weighted by molar-refractivity contribution is 0.345. The molecule has 3 heteroatoms. The Hall–Kier alpha value is -0.210. The van der Waals surface area contributed by atoms with Crippen LogP contribution in [0.25, 0.3) is 0 Å². The SMILES string of the molecule is CC(C)(C)CC(Br)c1cc(Cl)cc2c1OCC2. The summed E-state index contributed by atoms with van der Waals surface area (Å²) in [5.41, 5.74) is 2.72. The fourth-order valence-corrected chi connectivity index (χ4v) is 3.74. The second kappa shape index (κ2) is 4.81. The van der Waals surface area contributed by atoms with Gasteiger partial charge in [-0.25, -0.2) is 0 Å². The van der Waals surface area contributed by atoms with E-state index in [1.54, 1.807) is 0 Å². The minimum Gasteiger partial charge on any atom is -0.493 e. The van der Waals surface area contributed by atoms with Crippen LogP contribution in [0.2, 0.25) is 5.02 Å². The summed E-state index contributed by atoms with van der Waals surface area (Å²) in [5, 5.41) is 0.808. The first kappa shape index (κ1) is 13.2. The van der Waals surface area contributed by atoms with E-state index in [0.29, 0.717) is 4.83 Å². The largest absolute Gasteiger partial charge is 0.493 e. The Labute approximate surface area is 117 Å². The number of hydrogen-bond donors (Lipinski definition) is 0. The van der Waals surface area contributed by atoms with Crippen molar-refractivity contribution in [3.05, 3.63) is 28.3 Å². The molecule has 1 atom stereocenters. The molecule has 0 aliphatic carbocycles. The van der Waals surface area contributed by atoms with Gasteiger partial charge in [-0.15, -0.1) is 0 Å². The Balaban J connectivity index is 2.32. The lowest BCUT2D eigenvalue weighted by Crippen LogP contribution is -2.09. The van der Waals surface area contributed by atoms with E-state index in [-0.39, 0.29) is 5.41 Å². The van der Waals surface area contributed by atoms with E-state index in [1.807, 2.05) is 12.1 Å². The van der Waals surface area contributed by atoms with E-state index >= 15 is 0 Å². The summed E-state index contributed by atoms with van der Waals surface area (Å²) in [7, 11) is 0. The van der Waals surface area contributed by atoms with Gasteiger partial charge in [0.2, 0.25) is 0 Å². The second-order valence-electron chi connectivity index (χ2n) is 5.81. The van der Waals surface area contributed by atoms with Crippen molar-refractivity contribution >= 4 is 27.5 Å². The molecule has 0 bridgehead atoms. The maximum atomic E-state index is 6.17. The monoisotopic (exact) mass is 316 g/mol. The number of ether oxygens (including phenoxy) is 1. The third kappa shape index (κ3) is 3.17. The standard InChI is InChI=1S/C14H18BrClO/c1-14(2,3)8-12(15)11-7-10(16)6-9-4-5-17-13(9)11/h6-7,12H,4-5,8H2,1-3H3. The number of hydrogen-bond acceptors (Lipinski definition) is 1. The van der Waals surface area contributed by atoms with Crippen LogP contribution in [0.4, 0.5) is 0 Å². The van der Waals surface area contributed by atoms with Crippen LogP contribution >= 0.6 is 27.5 Å². The molecule has 0 spiro atoms. The molecule has 0 aromatic heterocycles. The van der Waals surface area contributed by atoms with E-state index in [2.05, 4.69) is 36.7 Å². The highest BCUT2D eigenvalue weighted by atomic mass is 79.9. The first-order chi connectivity index (χ1) is 7.87. The quantitative estimate of drug-likeness (QED) is 0.686. The second-order valence-corrected chi connectivity index (χ2v) is 7.36. The van der Waals surface area contributed by atoms with Crippen LogP contribution in [-0.4, -0.2) is 6.61 Å². The highest BCUT2D eigenvalue weighted by molar-refractivity contribution is 9.09. The van der Waals surface area contributed by atoms with Crippen LogP contribution < -0.4 is 4.74 Å². The van der Waals surface area contributed by atoms with Crippen molar-refractivity contribution < 1.29 is 4.74 Å². The molecule has 0 N–H and O–H groups in total. The molecular weight excluding hydrogens is 300 g/mol. The molecule has 1 aliphatic rings. The van der Waals surface area contributed by atoms with Crippen molar-refractivity contribution in [1.82, 2.24) is 0 Å². The minimum atomic E-state index is 0.280. The summed E-state index contributed by atoms with van der Waals surface area (Å²) in [4.78, 5) is 0.299. The van der Waals surface area contributed by atoms with Crippen molar-refractivity contribution in [2.75, 3.05) is 6.61 Å². The van der Waals surface area contributed by atoms with E-state index in [1.165, 1.54) is 11.1 Å². The maximum Gasteiger partial charge on any atom is 0.127 e. The summed E-state index contributed by atoms with van der Waals surface area (Å²) >= 11 is 9.94. The molecule has 1 aliphatic heterocycles. The van der Waals surface area contributed by atoms with Crippen LogP contribution in [0, 0.1) is 5.41 Å². The Morgan fingerprint density at radius 2 is 2.12 bits per heavy atom. The molecule has 94 valence electrons. The lowest BCUT2D eigenvalue weighted by atomic mass is 9.88. The third-order valence-corrected chi connectivity index (χ3v) is 3.94. The molecule has 0 saturated carbocycles. The van der Waals surface area contributed by atoms with Crippen molar-refractivity contribution in [3.63, 3.8) is 0 Å². The number of rotatable bonds is 2. The zero-order valence-corrected chi connectivity index (χ0v) is 12.9. The van der Waals surface area contributed by atoms with Gasteiger partial charge in [-0.2, -0.15) is 0 Å². The van der Waals surface area contributed by atoms with Gasteiger partial charge in [0.05, 0.1) is 6.61 Å². The van der Waals surface area contributed by atoms with E-state index in [0.717, 1.165) is 30.2 Å². The van der Waals surface area contributed by atoms with Crippen molar-refractivity contribution in [1.29, 1.82) is 0 Å². The van der Waals surface area contributed by atoms with Gasteiger partial charge in [-0.05, 0) is 29.5 Å². The van der Waals surface area contributed by atoms with E-state index in [9.17, 15) is 0 Å². The summed E-state index contributed by atoms with van der Waals surface area (Å²) in [6.45, 7) is 7.50. The van der Waals surface area contributed by atoms with Crippen molar-refractivity contribution in [2.24, 2.45) is 5.41 Å². The topological polar surface area (TPSA) is 9.23 Å². The average Bonchev–Trinajstić information content (AvgIpc) is 2.60. The number of benzene rings is 1. The molecule has 0 fully saturated rings. The Morgan fingerprint density at radius 1 is 1.41 bits per heavy atom. The van der Waals surface area contributed by atoms with Gasteiger partial charge in [-0.1, -0.05) is 48.3 Å². The molecule has 1 heterocycles. The predicted octanol–water partition coefficient (Wildman–Crippen LogP) is 5.15. The lowest BCUT2D eigenvalue weighted by Gasteiger charge is -2.23. The fourth-order valence-electron chi connectivity index (χ4n) is 2.18. The number of alkyl halides is 1. The average molecular weight is 318 g/mol. The van der Waals surface area contributed by atoms with E-state index in [4.69, 9.17) is 16.3 Å². The van der Waals surface area contributed by atoms with Crippen LogP contribution in [0.15, 0.2) is 12.1 Å². The van der Waals surface area contributed by atoms with Gasteiger partial charge in [0.25, 0.3) is 0 Å². The van der Waals surface area contributed by atoms with Crippen LogP contribution in [0.1, 0.15) is 43.1 Å². The highest BCUT2D eigenvalue weighted by Gasteiger charge is 2.25. The van der Waals surface area contributed by atoms with Gasteiger partial charge >= 0.3 is 0 Å². The molecular formula is C14H18BrClO. The molecule has 1 unspecified atom stereocenters. The molecule has 1 aromatic carbocycles. The van der Waals surface area contributed by atoms with Gasteiger partial charge < -0.3 is 4.74 Å². The Morgan fingerprint density at radius 3 is 2.76 bits per heavy atom. The molecule has 0 amide bonds. The molecule has 2 rings (SSSR count).